The molecular formula is C18H36O3. The highest BCUT2D eigenvalue weighted by molar-refractivity contribution is 4.72. The molecule has 1 aliphatic carbocycles. The van der Waals surface area contributed by atoms with E-state index in [1.807, 2.05) is 0 Å². The zero-order valence-electron chi connectivity index (χ0n) is 14.4. The van der Waals surface area contributed by atoms with Crippen LogP contribution >= 0.6 is 0 Å². The van der Waals surface area contributed by atoms with Gasteiger partial charge in [0.2, 0.25) is 0 Å². The van der Waals surface area contributed by atoms with E-state index < -0.39 is 0 Å². The maximum Gasteiger partial charge on any atom is 0.0833 e. The largest absolute Gasteiger partial charge is 0.390 e. The van der Waals surface area contributed by atoms with Crippen LogP contribution in [0.25, 0.3) is 0 Å². The summed E-state index contributed by atoms with van der Waals surface area (Å²) in [5.41, 5.74) is -0.143. The number of rotatable bonds is 5. The van der Waals surface area contributed by atoms with E-state index in [-0.39, 0.29) is 17.8 Å². The van der Waals surface area contributed by atoms with E-state index in [4.69, 9.17) is 9.47 Å². The van der Waals surface area contributed by atoms with Gasteiger partial charge >= 0.3 is 0 Å². The van der Waals surface area contributed by atoms with Crippen LogP contribution in [0, 0.1) is 0 Å². The first-order valence-corrected chi connectivity index (χ1v) is 8.90. The third-order valence-corrected chi connectivity index (χ3v) is 4.76. The van der Waals surface area contributed by atoms with Crippen LogP contribution in [0.4, 0.5) is 0 Å². The van der Waals surface area contributed by atoms with Gasteiger partial charge in [0, 0.05) is 13.7 Å². The van der Waals surface area contributed by atoms with Crippen molar-refractivity contribution in [3.8, 4) is 0 Å². The van der Waals surface area contributed by atoms with Crippen LogP contribution in [0.3, 0.4) is 0 Å². The average molecular weight is 300 g/mol. The summed E-state index contributed by atoms with van der Waals surface area (Å²) in [6.07, 6.45) is 12.7. The van der Waals surface area contributed by atoms with Crippen LogP contribution in [-0.4, -0.2) is 36.6 Å². The topological polar surface area (TPSA) is 38.7 Å². The van der Waals surface area contributed by atoms with Gasteiger partial charge in [-0.15, -0.1) is 0 Å². The highest BCUT2D eigenvalue weighted by Crippen LogP contribution is 2.21. The number of hydrogen-bond acceptors (Lipinski definition) is 3. The minimum absolute atomic E-state index is 0.0112. The normalized spacial score (nSPS) is 26.9. The summed E-state index contributed by atoms with van der Waals surface area (Å²) in [5.74, 6) is 0. The molecule has 1 saturated carbocycles. The third-order valence-electron chi connectivity index (χ3n) is 4.76. The zero-order valence-corrected chi connectivity index (χ0v) is 14.4. The van der Waals surface area contributed by atoms with Crippen LogP contribution in [0.15, 0.2) is 0 Å². The Kier molecular flexibility index (Phi) is 9.54. The van der Waals surface area contributed by atoms with E-state index in [0.717, 1.165) is 25.7 Å². The molecule has 0 heterocycles. The molecule has 0 aromatic heterocycles. The van der Waals surface area contributed by atoms with Crippen LogP contribution < -0.4 is 0 Å². The Bertz CT molecular complexity index is 253. The summed E-state index contributed by atoms with van der Waals surface area (Å²) in [5, 5.41) is 10.4. The quantitative estimate of drug-likeness (QED) is 0.814. The molecule has 0 radical (unpaired) electrons. The second kappa shape index (κ2) is 10.6. The Labute approximate surface area is 131 Å². The molecule has 1 fully saturated rings. The van der Waals surface area contributed by atoms with Crippen molar-refractivity contribution in [1.29, 1.82) is 0 Å². The Morgan fingerprint density at radius 3 is 2.00 bits per heavy atom. The molecule has 3 nitrogen and oxygen atoms in total. The van der Waals surface area contributed by atoms with Crippen molar-refractivity contribution in [3.05, 3.63) is 0 Å². The Morgan fingerprint density at radius 2 is 1.43 bits per heavy atom. The van der Waals surface area contributed by atoms with Crippen molar-refractivity contribution >= 4 is 0 Å². The van der Waals surface area contributed by atoms with Gasteiger partial charge in [0.1, 0.15) is 0 Å². The molecule has 0 aromatic carbocycles. The van der Waals surface area contributed by atoms with Gasteiger partial charge in [-0.3, -0.25) is 0 Å². The maximum absolute atomic E-state index is 10.4. The van der Waals surface area contributed by atoms with Crippen LogP contribution in [0.1, 0.15) is 84.5 Å². The minimum atomic E-state index is -0.296. The number of methoxy groups -OCH3 is 1. The summed E-state index contributed by atoms with van der Waals surface area (Å²) < 4.78 is 11.4. The molecule has 0 aromatic rings. The first-order valence-electron chi connectivity index (χ1n) is 8.90. The van der Waals surface area contributed by atoms with Gasteiger partial charge in [-0.05, 0) is 33.1 Å². The molecule has 1 rings (SSSR count). The average Bonchev–Trinajstić information content (AvgIpc) is 2.45. The standard InChI is InChI=1S/C18H36O3/c1-18(2,20-3)14-15-21-17-13-11-9-7-5-4-6-8-10-12-16(17)19/h16-17,19H,4-15H2,1-3H3. The number of aliphatic hydroxyl groups is 1. The first-order chi connectivity index (χ1) is 10.0. The highest BCUT2D eigenvalue weighted by Gasteiger charge is 2.22. The lowest BCUT2D eigenvalue weighted by molar-refractivity contribution is -0.0702. The summed E-state index contributed by atoms with van der Waals surface area (Å²) in [7, 11) is 1.74. The Hall–Kier alpha value is -0.120. The van der Waals surface area contributed by atoms with E-state index in [0.29, 0.717) is 6.61 Å². The van der Waals surface area contributed by atoms with Crippen LogP contribution in [0.5, 0.6) is 0 Å². The third kappa shape index (κ3) is 8.80. The van der Waals surface area contributed by atoms with Crippen LogP contribution in [0.2, 0.25) is 0 Å². The van der Waals surface area contributed by atoms with E-state index >= 15 is 0 Å². The lowest BCUT2D eigenvalue weighted by Gasteiger charge is -2.27. The van der Waals surface area contributed by atoms with E-state index in [2.05, 4.69) is 13.8 Å². The fourth-order valence-electron chi connectivity index (χ4n) is 2.89. The van der Waals surface area contributed by atoms with Crippen molar-refractivity contribution < 1.29 is 14.6 Å². The van der Waals surface area contributed by atoms with Gasteiger partial charge in [0.05, 0.1) is 17.8 Å². The van der Waals surface area contributed by atoms with E-state index in [1.165, 1.54) is 44.9 Å². The maximum atomic E-state index is 10.4. The lowest BCUT2D eigenvalue weighted by atomic mass is 9.97. The molecular weight excluding hydrogens is 264 g/mol. The molecule has 1 aliphatic rings. The predicted molar refractivity (Wildman–Crippen MR) is 87.6 cm³/mol. The van der Waals surface area contributed by atoms with E-state index in [1.54, 1.807) is 7.11 Å². The fraction of sp³-hybridized carbons (Fsp3) is 1.00. The SMILES string of the molecule is COC(C)(C)CCOC1CCCCCCCCCCC1O. The monoisotopic (exact) mass is 300 g/mol. The van der Waals surface area contributed by atoms with Crippen LogP contribution in [-0.2, 0) is 9.47 Å². The second-order valence-corrected chi connectivity index (χ2v) is 7.10. The predicted octanol–water partition coefficient (Wildman–Crippen LogP) is 4.46. The molecule has 0 bridgehead atoms. The van der Waals surface area contributed by atoms with Gasteiger partial charge in [0.15, 0.2) is 0 Å². The minimum Gasteiger partial charge on any atom is -0.390 e. The smallest absolute Gasteiger partial charge is 0.0833 e. The van der Waals surface area contributed by atoms with Gasteiger partial charge in [0.25, 0.3) is 0 Å². The number of hydrogen-bond donors (Lipinski definition) is 1. The van der Waals surface area contributed by atoms with Gasteiger partial charge in [-0.2, -0.15) is 0 Å². The highest BCUT2D eigenvalue weighted by atomic mass is 16.5. The zero-order chi connectivity index (χ0) is 15.6. The number of aliphatic hydroxyl groups excluding tert-OH is 1. The van der Waals surface area contributed by atoms with Crippen molar-refractivity contribution in [3.63, 3.8) is 0 Å². The van der Waals surface area contributed by atoms with E-state index in [9.17, 15) is 5.11 Å². The fourth-order valence-corrected chi connectivity index (χ4v) is 2.89. The molecule has 2 unspecified atom stereocenters. The molecule has 1 N–H and O–H groups in total. The van der Waals surface area contributed by atoms with Crippen molar-refractivity contribution in [1.82, 2.24) is 0 Å². The molecule has 0 amide bonds. The number of ether oxygens (including phenoxy) is 2. The van der Waals surface area contributed by atoms with Gasteiger partial charge in [-0.25, -0.2) is 0 Å². The van der Waals surface area contributed by atoms with Gasteiger partial charge < -0.3 is 14.6 Å². The summed E-state index contributed by atoms with van der Waals surface area (Å²) in [6.45, 7) is 4.82. The molecule has 2 atom stereocenters. The van der Waals surface area contributed by atoms with Crippen molar-refractivity contribution in [2.24, 2.45) is 0 Å². The second-order valence-electron chi connectivity index (χ2n) is 7.10. The molecule has 21 heavy (non-hydrogen) atoms. The first kappa shape index (κ1) is 18.9. The summed E-state index contributed by atoms with van der Waals surface area (Å²) in [6, 6.07) is 0. The Balaban J connectivity index is 2.37. The van der Waals surface area contributed by atoms with Crippen molar-refractivity contribution in [2.75, 3.05) is 13.7 Å². The van der Waals surface area contributed by atoms with Gasteiger partial charge in [-0.1, -0.05) is 51.4 Å². The molecule has 0 spiro atoms. The molecule has 126 valence electrons. The Morgan fingerprint density at radius 1 is 0.905 bits per heavy atom. The summed E-state index contributed by atoms with van der Waals surface area (Å²) in [4.78, 5) is 0. The molecule has 3 heteroatoms. The molecule has 0 saturated heterocycles. The molecule has 0 aliphatic heterocycles. The van der Waals surface area contributed by atoms with Crippen molar-refractivity contribution in [2.45, 2.75) is 102 Å². The summed E-state index contributed by atoms with van der Waals surface area (Å²) >= 11 is 0. The lowest BCUT2D eigenvalue weighted by Crippen LogP contribution is -2.32.